The quantitative estimate of drug-likeness (QED) is 0.742. The summed E-state index contributed by atoms with van der Waals surface area (Å²) in [6.45, 7) is 1.78. The van der Waals surface area contributed by atoms with Crippen LogP contribution in [0.15, 0.2) is 18.2 Å². The van der Waals surface area contributed by atoms with Crippen molar-refractivity contribution in [3.8, 4) is 5.75 Å². The lowest BCUT2D eigenvalue weighted by Gasteiger charge is -2.17. The highest BCUT2D eigenvalue weighted by Crippen LogP contribution is 2.25. The number of hydrogen-bond acceptors (Lipinski definition) is 2. The Balaban J connectivity index is 2.24. The van der Waals surface area contributed by atoms with Crippen molar-refractivity contribution in [3.63, 3.8) is 0 Å². The molecule has 2 heteroatoms. The summed E-state index contributed by atoms with van der Waals surface area (Å²) in [4.78, 5) is 0. The molecule has 2 nitrogen and oxygen atoms in total. The molecule has 1 aliphatic heterocycles. The van der Waals surface area contributed by atoms with Crippen molar-refractivity contribution in [3.05, 3.63) is 29.3 Å². The summed E-state index contributed by atoms with van der Waals surface area (Å²) >= 11 is 0. The van der Waals surface area contributed by atoms with Gasteiger partial charge in [0, 0.05) is 6.54 Å². The van der Waals surface area contributed by atoms with Crippen LogP contribution in [0, 0.1) is 0 Å². The van der Waals surface area contributed by atoms with E-state index in [9.17, 15) is 0 Å². The molecular weight excluding hydrogens is 162 g/mol. The van der Waals surface area contributed by atoms with E-state index < -0.39 is 0 Å². The number of hydrogen-bond donors (Lipinski definition) is 1. The molecule has 1 aromatic carbocycles. The van der Waals surface area contributed by atoms with Crippen LogP contribution in [0.1, 0.15) is 17.5 Å². The summed E-state index contributed by atoms with van der Waals surface area (Å²) in [5, 5.41) is 3.14. The zero-order chi connectivity index (χ0) is 9.10. The number of rotatable bonds is 2. The summed E-state index contributed by atoms with van der Waals surface area (Å²) in [5.41, 5.74) is 2.65. The van der Waals surface area contributed by atoms with Gasteiger partial charge in [-0.05, 0) is 37.1 Å². The predicted octanol–water partition coefficient (Wildman–Crippen LogP) is 1.73. The molecule has 0 saturated heterocycles. The van der Waals surface area contributed by atoms with Crippen molar-refractivity contribution in [2.45, 2.75) is 19.4 Å². The second kappa shape index (κ2) is 3.79. The maximum absolute atomic E-state index is 5.58. The Kier molecular flexibility index (Phi) is 2.50. The number of benzene rings is 1. The Morgan fingerprint density at radius 1 is 1.46 bits per heavy atom. The Labute approximate surface area is 78.9 Å². The summed E-state index contributed by atoms with van der Waals surface area (Å²) in [7, 11) is 1.96. The molecule has 1 heterocycles. The number of aryl methyl sites for hydroxylation is 1. The minimum atomic E-state index is 0.871. The Bertz CT molecular complexity index is 296. The van der Waals surface area contributed by atoms with Gasteiger partial charge in [-0.25, -0.2) is 0 Å². The monoisotopic (exact) mass is 177 g/mol. The SMILES string of the molecule is CNCc1ccc2c(c1)OCCC2. The lowest BCUT2D eigenvalue weighted by Crippen LogP contribution is -2.10. The minimum Gasteiger partial charge on any atom is -0.493 e. The molecule has 0 atom stereocenters. The van der Waals surface area contributed by atoms with Gasteiger partial charge in [0.15, 0.2) is 0 Å². The van der Waals surface area contributed by atoms with E-state index in [1.165, 1.54) is 11.1 Å². The average molecular weight is 177 g/mol. The Hall–Kier alpha value is -1.02. The molecule has 0 fully saturated rings. The van der Waals surface area contributed by atoms with Gasteiger partial charge in [-0.2, -0.15) is 0 Å². The highest BCUT2D eigenvalue weighted by atomic mass is 16.5. The van der Waals surface area contributed by atoms with Crippen LogP contribution < -0.4 is 10.1 Å². The minimum absolute atomic E-state index is 0.871. The van der Waals surface area contributed by atoms with Crippen LogP contribution in [0.2, 0.25) is 0 Å². The predicted molar refractivity (Wildman–Crippen MR) is 53.0 cm³/mol. The summed E-state index contributed by atoms with van der Waals surface area (Å²) in [5.74, 6) is 1.08. The second-order valence-electron chi connectivity index (χ2n) is 3.42. The highest BCUT2D eigenvalue weighted by molar-refractivity contribution is 5.38. The van der Waals surface area contributed by atoms with E-state index >= 15 is 0 Å². The third-order valence-corrected chi connectivity index (χ3v) is 2.36. The fourth-order valence-corrected chi connectivity index (χ4v) is 1.70. The van der Waals surface area contributed by atoms with E-state index in [0.29, 0.717) is 0 Å². The molecule has 0 bridgehead atoms. The molecule has 0 aliphatic carbocycles. The maximum atomic E-state index is 5.58. The Morgan fingerprint density at radius 3 is 3.23 bits per heavy atom. The van der Waals surface area contributed by atoms with Crippen molar-refractivity contribution in [2.75, 3.05) is 13.7 Å². The van der Waals surface area contributed by atoms with Gasteiger partial charge in [0.2, 0.25) is 0 Å². The van der Waals surface area contributed by atoms with E-state index in [4.69, 9.17) is 4.74 Å². The van der Waals surface area contributed by atoms with Gasteiger partial charge in [-0.1, -0.05) is 12.1 Å². The van der Waals surface area contributed by atoms with Gasteiger partial charge in [0.1, 0.15) is 5.75 Å². The molecule has 1 aliphatic rings. The molecule has 13 heavy (non-hydrogen) atoms. The molecule has 0 spiro atoms. The molecule has 1 aromatic rings. The van der Waals surface area contributed by atoms with Crippen molar-refractivity contribution in [1.29, 1.82) is 0 Å². The first kappa shape index (κ1) is 8.57. The second-order valence-corrected chi connectivity index (χ2v) is 3.42. The maximum Gasteiger partial charge on any atom is 0.122 e. The normalized spacial score (nSPS) is 14.8. The van der Waals surface area contributed by atoms with Gasteiger partial charge < -0.3 is 10.1 Å². The lowest BCUT2D eigenvalue weighted by molar-refractivity contribution is 0.288. The molecule has 0 unspecified atom stereocenters. The van der Waals surface area contributed by atoms with Gasteiger partial charge in [-0.3, -0.25) is 0 Å². The molecule has 70 valence electrons. The van der Waals surface area contributed by atoms with E-state index in [0.717, 1.165) is 31.7 Å². The van der Waals surface area contributed by atoms with Crippen LogP contribution in [-0.2, 0) is 13.0 Å². The standard InChI is InChI=1S/C11H15NO/c1-12-8-9-4-5-10-3-2-6-13-11(10)7-9/h4-5,7,12H,2-3,6,8H2,1H3. The molecular formula is C11H15NO. The largest absolute Gasteiger partial charge is 0.493 e. The smallest absolute Gasteiger partial charge is 0.122 e. The van der Waals surface area contributed by atoms with E-state index in [1.807, 2.05) is 7.05 Å². The third-order valence-electron chi connectivity index (χ3n) is 2.36. The summed E-state index contributed by atoms with van der Waals surface area (Å²) < 4.78 is 5.58. The van der Waals surface area contributed by atoms with E-state index in [1.54, 1.807) is 0 Å². The number of nitrogens with one attached hydrogen (secondary N) is 1. The van der Waals surface area contributed by atoms with Crippen LogP contribution in [0.25, 0.3) is 0 Å². The van der Waals surface area contributed by atoms with Gasteiger partial charge in [-0.15, -0.1) is 0 Å². The zero-order valence-corrected chi connectivity index (χ0v) is 7.97. The van der Waals surface area contributed by atoms with Crippen LogP contribution >= 0.6 is 0 Å². The Morgan fingerprint density at radius 2 is 2.38 bits per heavy atom. The van der Waals surface area contributed by atoms with E-state index in [2.05, 4.69) is 23.5 Å². The van der Waals surface area contributed by atoms with Crippen molar-refractivity contribution in [2.24, 2.45) is 0 Å². The number of fused-ring (bicyclic) bond motifs is 1. The number of ether oxygens (including phenoxy) is 1. The highest BCUT2D eigenvalue weighted by Gasteiger charge is 2.09. The first-order valence-corrected chi connectivity index (χ1v) is 4.79. The molecule has 0 saturated carbocycles. The molecule has 1 N–H and O–H groups in total. The van der Waals surface area contributed by atoms with Crippen LogP contribution in [0.5, 0.6) is 5.75 Å². The first-order valence-electron chi connectivity index (χ1n) is 4.79. The average Bonchev–Trinajstić information content (AvgIpc) is 2.18. The summed E-state index contributed by atoms with van der Waals surface area (Å²) in [6.07, 6.45) is 2.31. The fourth-order valence-electron chi connectivity index (χ4n) is 1.70. The van der Waals surface area contributed by atoms with Crippen molar-refractivity contribution in [1.82, 2.24) is 5.32 Å². The van der Waals surface area contributed by atoms with Crippen LogP contribution in [-0.4, -0.2) is 13.7 Å². The zero-order valence-electron chi connectivity index (χ0n) is 7.97. The lowest BCUT2D eigenvalue weighted by atomic mass is 10.0. The van der Waals surface area contributed by atoms with Gasteiger partial charge >= 0.3 is 0 Å². The van der Waals surface area contributed by atoms with Gasteiger partial charge in [0.25, 0.3) is 0 Å². The molecule has 2 rings (SSSR count). The van der Waals surface area contributed by atoms with E-state index in [-0.39, 0.29) is 0 Å². The fraction of sp³-hybridized carbons (Fsp3) is 0.455. The molecule has 0 amide bonds. The summed E-state index contributed by atoms with van der Waals surface area (Å²) in [6, 6.07) is 6.50. The van der Waals surface area contributed by atoms with Crippen molar-refractivity contribution < 1.29 is 4.74 Å². The van der Waals surface area contributed by atoms with Gasteiger partial charge in [0.05, 0.1) is 6.61 Å². The topological polar surface area (TPSA) is 21.3 Å². The first-order chi connectivity index (χ1) is 6.40. The van der Waals surface area contributed by atoms with Crippen LogP contribution in [0.4, 0.5) is 0 Å². The van der Waals surface area contributed by atoms with Crippen molar-refractivity contribution >= 4 is 0 Å². The molecule has 0 aromatic heterocycles. The third kappa shape index (κ3) is 1.83. The molecule has 0 radical (unpaired) electrons. The van der Waals surface area contributed by atoms with Crippen LogP contribution in [0.3, 0.4) is 0 Å².